The maximum absolute atomic E-state index is 12.1. The molecule has 0 saturated carbocycles. The third-order valence-electron chi connectivity index (χ3n) is 4.38. The maximum atomic E-state index is 12.1. The minimum absolute atomic E-state index is 0.0292. The highest BCUT2D eigenvalue weighted by atomic mass is 31.2. The van der Waals surface area contributed by atoms with Gasteiger partial charge in [0.1, 0.15) is 19.8 Å². The monoisotopic (exact) mass is 467 g/mol. The number of carbonyl (C=O) groups is 2. The second kappa shape index (κ2) is 16.6. The van der Waals surface area contributed by atoms with Crippen LogP contribution in [0.3, 0.4) is 0 Å². The molecule has 0 aliphatic heterocycles. The normalized spacial score (nSPS) is 14.6. The highest BCUT2D eigenvalue weighted by molar-refractivity contribution is 7.45. The van der Waals surface area contributed by atoms with Crippen molar-refractivity contribution >= 4 is 19.8 Å². The van der Waals surface area contributed by atoms with Crippen molar-refractivity contribution in [2.75, 3.05) is 47.5 Å². The van der Waals surface area contributed by atoms with Crippen molar-refractivity contribution in [3.8, 4) is 0 Å². The van der Waals surface area contributed by atoms with Crippen LogP contribution < -0.4 is 4.89 Å². The molecule has 0 aliphatic carbocycles. The Kier molecular flexibility index (Phi) is 16.1. The molecule has 0 aromatic heterocycles. The number of unbranched alkanes of at least 4 members (excludes halogenated alkanes) is 5. The molecule has 0 aliphatic rings. The van der Waals surface area contributed by atoms with E-state index in [-0.39, 0.29) is 26.1 Å². The first-order valence-corrected chi connectivity index (χ1v) is 12.7. The predicted octanol–water partition coefficient (Wildman–Crippen LogP) is 3.20. The summed E-state index contributed by atoms with van der Waals surface area (Å²) in [5, 5.41) is 0. The van der Waals surface area contributed by atoms with E-state index in [0.717, 1.165) is 32.1 Å². The summed E-state index contributed by atoms with van der Waals surface area (Å²) in [7, 11) is 1.16. The Hall–Kier alpha value is -0.990. The first-order chi connectivity index (χ1) is 14.5. The molecule has 9 nitrogen and oxygen atoms in total. The van der Waals surface area contributed by atoms with Crippen LogP contribution in [-0.2, 0) is 32.7 Å². The zero-order valence-corrected chi connectivity index (χ0v) is 20.8. The Bertz CT molecular complexity index is 550. The van der Waals surface area contributed by atoms with Crippen LogP contribution in [-0.4, -0.2) is 70.0 Å². The van der Waals surface area contributed by atoms with Gasteiger partial charge in [-0.25, -0.2) is 0 Å². The molecule has 10 heteroatoms. The Balaban J connectivity index is 4.64. The Morgan fingerprint density at radius 2 is 1.45 bits per heavy atom. The lowest BCUT2D eigenvalue weighted by Gasteiger charge is -2.28. The summed E-state index contributed by atoms with van der Waals surface area (Å²) < 4.78 is 32.7. The summed E-state index contributed by atoms with van der Waals surface area (Å²) in [6, 6.07) is 0. The molecule has 1 unspecified atom stereocenters. The molecule has 0 rings (SSSR count). The van der Waals surface area contributed by atoms with Gasteiger partial charge in [-0.2, -0.15) is 0 Å². The van der Waals surface area contributed by atoms with E-state index in [1.807, 2.05) is 28.1 Å². The van der Waals surface area contributed by atoms with Crippen molar-refractivity contribution < 1.29 is 42.1 Å². The topological polar surface area (TPSA) is 111 Å². The average Bonchev–Trinajstić information content (AvgIpc) is 2.66. The van der Waals surface area contributed by atoms with Crippen molar-refractivity contribution in [2.45, 2.75) is 77.7 Å². The van der Waals surface area contributed by atoms with E-state index < -0.39 is 32.5 Å². The van der Waals surface area contributed by atoms with Crippen LogP contribution in [0, 0.1) is 0 Å². The van der Waals surface area contributed by atoms with E-state index in [2.05, 4.69) is 6.92 Å². The summed E-state index contributed by atoms with van der Waals surface area (Å²) in [4.78, 5) is 35.9. The van der Waals surface area contributed by atoms with Gasteiger partial charge in [-0.1, -0.05) is 46.0 Å². The van der Waals surface area contributed by atoms with Crippen molar-refractivity contribution in [1.29, 1.82) is 0 Å². The SMILES string of the molecule is CCCCCCC(=O)O[C@H](COC(=O)CCCCC)COP(=O)([O-])OCC[N+](C)(C)C. The van der Waals surface area contributed by atoms with Crippen LogP contribution in [0.1, 0.15) is 71.6 Å². The van der Waals surface area contributed by atoms with Crippen molar-refractivity contribution in [1.82, 2.24) is 0 Å². The molecular formula is C21H42NO8P. The smallest absolute Gasteiger partial charge is 0.306 e. The van der Waals surface area contributed by atoms with Crippen LogP contribution >= 0.6 is 7.82 Å². The van der Waals surface area contributed by atoms with Gasteiger partial charge in [-0.3, -0.25) is 14.2 Å². The van der Waals surface area contributed by atoms with Gasteiger partial charge in [0.2, 0.25) is 0 Å². The molecule has 0 spiro atoms. The van der Waals surface area contributed by atoms with Gasteiger partial charge >= 0.3 is 11.9 Å². The summed E-state index contributed by atoms with van der Waals surface area (Å²) in [6.45, 7) is 3.82. The van der Waals surface area contributed by atoms with E-state index in [1.165, 1.54) is 0 Å². The van der Waals surface area contributed by atoms with Crippen LogP contribution in [0.25, 0.3) is 0 Å². The Morgan fingerprint density at radius 1 is 0.871 bits per heavy atom. The highest BCUT2D eigenvalue weighted by Crippen LogP contribution is 2.38. The lowest BCUT2D eigenvalue weighted by atomic mass is 10.1. The van der Waals surface area contributed by atoms with E-state index >= 15 is 0 Å². The van der Waals surface area contributed by atoms with Crippen LogP contribution in [0.5, 0.6) is 0 Å². The van der Waals surface area contributed by atoms with Gasteiger partial charge in [0.05, 0.1) is 27.7 Å². The zero-order valence-electron chi connectivity index (χ0n) is 19.9. The quantitative estimate of drug-likeness (QED) is 0.123. The number of hydrogen-bond acceptors (Lipinski definition) is 8. The average molecular weight is 468 g/mol. The Labute approximate surface area is 187 Å². The van der Waals surface area contributed by atoms with Gasteiger partial charge in [-0.15, -0.1) is 0 Å². The molecule has 0 fully saturated rings. The number of nitrogens with zero attached hydrogens (tertiary/aromatic N) is 1. The number of hydrogen-bond donors (Lipinski definition) is 0. The van der Waals surface area contributed by atoms with E-state index in [1.54, 1.807) is 0 Å². The fourth-order valence-corrected chi connectivity index (χ4v) is 3.20. The summed E-state index contributed by atoms with van der Waals surface area (Å²) in [6.07, 6.45) is 5.74. The molecule has 0 amide bonds. The van der Waals surface area contributed by atoms with Gasteiger partial charge in [0.15, 0.2) is 6.10 Å². The number of ether oxygens (including phenoxy) is 2. The second-order valence-corrected chi connectivity index (χ2v) is 10.1. The largest absolute Gasteiger partial charge is 0.756 e. The van der Waals surface area contributed by atoms with Crippen LogP contribution in [0.2, 0.25) is 0 Å². The van der Waals surface area contributed by atoms with Gasteiger partial charge < -0.3 is 27.9 Å². The number of carbonyl (C=O) groups excluding carboxylic acids is 2. The standard InChI is InChI=1S/C21H42NO8P/c1-6-8-10-12-14-21(24)30-19(17-27-20(23)13-11-9-7-2)18-29-31(25,26)28-16-15-22(3,4)5/h19H,6-18H2,1-5H3/t19-/m1/s1. The molecule has 0 N–H and O–H groups in total. The van der Waals surface area contributed by atoms with Gasteiger partial charge in [0, 0.05) is 12.8 Å². The number of quaternary nitrogens is 1. The van der Waals surface area contributed by atoms with Crippen molar-refractivity contribution in [3.63, 3.8) is 0 Å². The lowest BCUT2D eigenvalue weighted by Crippen LogP contribution is -2.37. The number of phosphoric ester groups is 1. The number of phosphoric acid groups is 1. The molecule has 0 heterocycles. The van der Waals surface area contributed by atoms with E-state index in [4.69, 9.17) is 18.5 Å². The van der Waals surface area contributed by atoms with Crippen molar-refractivity contribution in [2.24, 2.45) is 0 Å². The van der Waals surface area contributed by atoms with Crippen LogP contribution in [0.15, 0.2) is 0 Å². The third kappa shape index (κ3) is 19.4. The van der Waals surface area contributed by atoms with Gasteiger partial charge in [-0.05, 0) is 12.8 Å². The molecule has 0 aromatic carbocycles. The molecule has 0 saturated heterocycles. The third-order valence-corrected chi connectivity index (χ3v) is 5.34. The number of likely N-dealkylation sites (N-methyl/N-ethyl adjacent to an activating group) is 1. The van der Waals surface area contributed by atoms with E-state index in [0.29, 0.717) is 23.9 Å². The molecular weight excluding hydrogens is 425 g/mol. The first-order valence-electron chi connectivity index (χ1n) is 11.2. The molecule has 184 valence electrons. The second-order valence-electron chi connectivity index (χ2n) is 8.65. The summed E-state index contributed by atoms with van der Waals surface area (Å²) in [5.74, 6) is -0.889. The predicted molar refractivity (Wildman–Crippen MR) is 116 cm³/mol. The maximum Gasteiger partial charge on any atom is 0.306 e. The minimum Gasteiger partial charge on any atom is -0.756 e. The zero-order chi connectivity index (χ0) is 23.8. The molecule has 31 heavy (non-hydrogen) atoms. The Morgan fingerprint density at radius 3 is 2.06 bits per heavy atom. The fraction of sp³-hybridized carbons (Fsp3) is 0.905. The van der Waals surface area contributed by atoms with E-state index in [9.17, 15) is 19.0 Å². The van der Waals surface area contributed by atoms with Crippen LogP contribution in [0.4, 0.5) is 0 Å². The fourth-order valence-electron chi connectivity index (χ4n) is 2.47. The number of esters is 2. The lowest BCUT2D eigenvalue weighted by molar-refractivity contribution is -0.870. The van der Waals surface area contributed by atoms with Crippen molar-refractivity contribution in [3.05, 3.63) is 0 Å². The minimum atomic E-state index is -4.57. The molecule has 2 atom stereocenters. The molecule has 0 bridgehead atoms. The molecule has 0 aromatic rings. The molecule has 0 radical (unpaired) electrons. The van der Waals surface area contributed by atoms with Gasteiger partial charge in [0.25, 0.3) is 7.82 Å². The number of rotatable bonds is 19. The highest BCUT2D eigenvalue weighted by Gasteiger charge is 2.21. The first kappa shape index (κ1) is 30.0. The summed E-state index contributed by atoms with van der Waals surface area (Å²) >= 11 is 0. The summed E-state index contributed by atoms with van der Waals surface area (Å²) in [5.41, 5.74) is 0.